The Bertz CT molecular complexity index is 532. The lowest BCUT2D eigenvalue weighted by Crippen LogP contribution is -2.09. The van der Waals surface area contributed by atoms with Gasteiger partial charge in [0.25, 0.3) is 0 Å². The number of nitrogens with zero attached hydrogens (tertiary/aromatic N) is 4. The maximum atomic E-state index is 4.45. The highest BCUT2D eigenvalue weighted by atomic mass is 15.1. The summed E-state index contributed by atoms with van der Waals surface area (Å²) in [7, 11) is 1.90. The lowest BCUT2D eigenvalue weighted by atomic mass is 10.1. The van der Waals surface area contributed by atoms with Crippen LogP contribution in [0.4, 0.5) is 5.82 Å². The van der Waals surface area contributed by atoms with Crippen molar-refractivity contribution in [1.29, 1.82) is 0 Å². The third kappa shape index (κ3) is 2.92. The van der Waals surface area contributed by atoms with Crippen LogP contribution in [0.3, 0.4) is 0 Å². The molecule has 0 aliphatic heterocycles. The van der Waals surface area contributed by atoms with Crippen molar-refractivity contribution < 1.29 is 0 Å². The fourth-order valence-corrected chi connectivity index (χ4v) is 2.27. The third-order valence-corrected chi connectivity index (χ3v) is 3.24. The summed E-state index contributed by atoms with van der Waals surface area (Å²) in [6.45, 7) is 5.22. The van der Waals surface area contributed by atoms with Gasteiger partial charge in [-0.25, -0.2) is 15.0 Å². The first-order chi connectivity index (χ1) is 9.30. The number of aromatic nitrogens is 4. The monoisotopic (exact) mass is 259 g/mol. The van der Waals surface area contributed by atoms with E-state index >= 15 is 0 Å². The SMILES string of the molecule is CCCc1c(Cc2nccn2CC)ncnc1NC. The van der Waals surface area contributed by atoms with E-state index in [-0.39, 0.29) is 0 Å². The molecule has 1 N–H and O–H groups in total. The maximum Gasteiger partial charge on any atom is 0.132 e. The molecule has 0 saturated carbocycles. The van der Waals surface area contributed by atoms with E-state index in [1.54, 1.807) is 6.33 Å². The molecule has 0 fully saturated rings. The van der Waals surface area contributed by atoms with Crippen molar-refractivity contribution in [1.82, 2.24) is 19.5 Å². The van der Waals surface area contributed by atoms with Gasteiger partial charge in [0.1, 0.15) is 18.0 Å². The second kappa shape index (κ2) is 6.31. The number of hydrogen-bond acceptors (Lipinski definition) is 4. The average Bonchev–Trinajstić information content (AvgIpc) is 2.88. The van der Waals surface area contributed by atoms with Gasteiger partial charge in [0, 0.05) is 38.0 Å². The van der Waals surface area contributed by atoms with Crippen LogP contribution in [0.5, 0.6) is 0 Å². The van der Waals surface area contributed by atoms with Crippen LogP contribution in [0.2, 0.25) is 0 Å². The zero-order valence-corrected chi connectivity index (χ0v) is 11.8. The van der Waals surface area contributed by atoms with E-state index < -0.39 is 0 Å². The summed E-state index contributed by atoms with van der Waals surface area (Å²) in [5.74, 6) is 1.99. The van der Waals surface area contributed by atoms with Gasteiger partial charge in [-0.1, -0.05) is 13.3 Å². The summed E-state index contributed by atoms with van der Waals surface area (Å²) in [5.41, 5.74) is 2.28. The van der Waals surface area contributed by atoms with Gasteiger partial charge < -0.3 is 9.88 Å². The van der Waals surface area contributed by atoms with Crippen molar-refractivity contribution in [2.45, 2.75) is 39.7 Å². The molecule has 102 valence electrons. The summed E-state index contributed by atoms with van der Waals surface area (Å²) in [5, 5.41) is 3.15. The summed E-state index contributed by atoms with van der Waals surface area (Å²) in [6, 6.07) is 0. The number of aryl methyl sites for hydroxylation is 1. The van der Waals surface area contributed by atoms with E-state index in [9.17, 15) is 0 Å². The van der Waals surface area contributed by atoms with Crippen LogP contribution in [0.1, 0.15) is 37.4 Å². The molecule has 0 aliphatic rings. The minimum atomic E-state index is 0.757. The fourth-order valence-electron chi connectivity index (χ4n) is 2.27. The van der Waals surface area contributed by atoms with Crippen molar-refractivity contribution >= 4 is 5.82 Å². The topological polar surface area (TPSA) is 55.6 Å². The molecule has 0 atom stereocenters. The lowest BCUT2D eigenvalue weighted by molar-refractivity contribution is 0.704. The van der Waals surface area contributed by atoms with Gasteiger partial charge in [0.15, 0.2) is 0 Å². The number of anilines is 1. The highest BCUT2D eigenvalue weighted by molar-refractivity contribution is 5.46. The Morgan fingerprint density at radius 2 is 2.05 bits per heavy atom. The molecular weight excluding hydrogens is 238 g/mol. The van der Waals surface area contributed by atoms with E-state index in [4.69, 9.17) is 0 Å². The van der Waals surface area contributed by atoms with Crippen LogP contribution in [-0.4, -0.2) is 26.6 Å². The molecule has 19 heavy (non-hydrogen) atoms. The predicted octanol–water partition coefficient (Wildman–Crippen LogP) is 2.28. The molecule has 5 heteroatoms. The summed E-state index contributed by atoms with van der Waals surface area (Å²) >= 11 is 0. The summed E-state index contributed by atoms with van der Waals surface area (Å²) in [6.07, 6.45) is 8.30. The zero-order valence-electron chi connectivity index (χ0n) is 11.8. The van der Waals surface area contributed by atoms with Gasteiger partial charge in [0.2, 0.25) is 0 Å². The Morgan fingerprint density at radius 3 is 2.74 bits per heavy atom. The van der Waals surface area contributed by atoms with Crippen molar-refractivity contribution in [3.63, 3.8) is 0 Å². The molecule has 2 heterocycles. The van der Waals surface area contributed by atoms with Gasteiger partial charge in [-0.2, -0.15) is 0 Å². The molecule has 2 aromatic heterocycles. The van der Waals surface area contributed by atoms with Crippen LogP contribution < -0.4 is 5.32 Å². The Morgan fingerprint density at radius 1 is 1.21 bits per heavy atom. The standard InChI is InChI=1S/C14H21N5/c1-4-6-11-12(17-10-18-14(11)15-3)9-13-16-7-8-19(13)5-2/h7-8,10H,4-6,9H2,1-3H3,(H,15,17,18). The molecule has 0 saturated heterocycles. The Hall–Kier alpha value is -1.91. The van der Waals surface area contributed by atoms with Crippen LogP contribution in [0.25, 0.3) is 0 Å². The normalized spacial score (nSPS) is 10.7. The molecule has 0 unspecified atom stereocenters. The second-order valence-corrected chi connectivity index (χ2v) is 4.45. The van der Waals surface area contributed by atoms with Crippen molar-refractivity contribution in [2.75, 3.05) is 12.4 Å². The highest BCUT2D eigenvalue weighted by Gasteiger charge is 2.12. The van der Waals surface area contributed by atoms with E-state index in [1.165, 1.54) is 5.56 Å². The highest BCUT2D eigenvalue weighted by Crippen LogP contribution is 2.19. The van der Waals surface area contributed by atoms with E-state index in [2.05, 4.69) is 38.7 Å². The molecule has 0 spiro atoms. The average molecular weight is 259 g/mol. The quantitative estimate of drug-likeness (QED) is 0.864. The Kier molecular flexibility index (Phi) is 4.49. The first-order valence-corrected chi connectivity index (χ1v) is 6.80. The van der Waals surface area contributed by atoms with E-state index in [1.807, 2.05) is 19.4 Å². The van der Waals surface area contributed by atoms with E-state index in [0.29, 0.717) is 0 Å². The molecular formula is C14H21N5. The predicted molar refractivity (Wildman–Crippen MR) is 76.3 cm³/mol. The third-order valence-electron chi connectivity index (χ3n) is 3.24. The van der Waals surface area contributed by atoms with Crippen LogP contribution in [-0.2, 0) is 19.4 Å². The summed E-state index contributed by atoms with van der Waals surface area (Å²) in [4.78, 5) is 13.2. The number of hydrogen-bond donors (Lipinski definition) is 1. The van der Waals surface area contributed by atoms with Crippen LogP contribution >= 0.6 is 0 Å². The van der Waals surface area contributed by atoms with Crippen molar-refractivity contribution in [3.8, 4) is 0 Å². The maximum absolute atomic E-state index is 4.45. The van der Waals surface area contributed by atoms with Gasteiger partial charge >= 0.3 is 0 Å². The van der Waals surface area contributed by atoms with Crippen LogP contribution in [0, 0.1) is 0 Å². The Balaban J connectivity index is 2.33. The van der Waals surface area contributed by atoms with Gasteiger partial charge in [-0.15, -0.1) is 0 Å². The van der Waals surface area contributed by atoms with Crippen LogP contribution in [0.15, 0.2) is 18.7 Å². The smallest absolute Gasteiger partial charge is 0.132 e. The molecule has 0 aromatic carbocycles. The zero-order chi connectivity index (χ0) is 13.7. The molecule has 5 nitrogen and oxygen atoms in total. The largest absolute Gasteiger partial charge is 0.373 e. The minimum Gasteiger partial charge on any atom is -0.373 e. The van der Waals surface area contributed by atoms with Crippen molar-refractivity contribution in [2.24, 2.45) is 0 Å². The van der Waals surface area contributed by atoms with Crippen molar-refractivity contribution in [3.05, 3.63) is 35.8 Å². The summed E-state index contributed by atoms with van der Waals surface area (Å²) < 4.78 is 2.15. The van der Waals surface area contributed by atoms with E-state index in [0.717, 1.165) is 43.1 Å². The molecule has 0 bridgehead atoms. The minimum absolute atomic E-state index is 0.757. The molecule has 2 aromatic rings. The number of nitrogens with one attached hydrogen (secondary N) is 1. The first-order valence-electron chi connectivity index (χ1n) is 6.80. The van der Waals surface area contributed by atoms with Gasteiger partial charge in [-0.05, 0) is 13.3 Å². The van der Waals surface area contributed by atoms with Gasteiger partial charge in [-0.3, -0.25) is 0 Å². The number of imidazole rings is 1. The second-order valence-electron chi connectivity index (χ2n) is 4.45. The lowest BCUT2D eigenvalue weighted by Gasteiger charge is -2.12. The molecule has 2 rings (SSSR count). The van der Waals surface area contributed by atoms with Gasteiger partial charge in [0.05, 0.1) is 5.69 Å². The molecule has 0 aliphatic carbocycles. The molecule has 0 radical (unpaired) electrons. The number of rotatable bonds is 6. The first kappa shape index (κ1) is 13.5. The molecule has 0 amide bonds. The Labute approximate surface area is 114 Å². The fraction of sp³-hybridized carbons (Fsp3) is 0.500.